The standard InChI is InChI=1S/C26H22ClF3N2O2S/c1-15-5-7-16(8-6-15)25-20-4-2-3-19(20)21-14-18(10-12-24(21)31-25)35(33,34)32-17-9-11-23(27)22(13-17)26(28,29)30/h2-3,5-14,19-20,25,31-32H,4H2,1H3/t19-,20+,25+/m0/s1. The maximum absolute atomic E-state index is 13.2. The Bertz CT molecular complexity index is 1420. The SMILES string of the molecule is Cc1ccc([C@H]2Nc3ccc(S(=O)(=O)Nc4ccc(Cl)c(C(F)(F)F)c4)cc3[C@H]3C=CC[C@H]32)cc1. The van der Waals surface area contributed by atoms with Gasteiger partial charge in [-0.15, -0.1) is 0 Å². The Kier molecular flexibility index (Phi) is 5.84. The van der Waals surface area contributed by atoms with E-state index >= 15 is 0 Å². The molecule has 0 radical (unpaired) electrons. The number of aryl methyl sites for hydroxylation is 1. The monoisotopic (exact) mass is 518 g/mol. The van der Waals surface area contributed by atoms with Crippen LogP contribution in [0.5, 0.6) is 0 Å². The van der Waals surface area contributed by atoms with E-state index in [1.54, 1.807) is 12.1 Å². The highest BCUT2D eigenvalue weighted by molar-refractivity contribution is 7.92. The van der Waals surface area contributed by atoms with Crippen molar-refractivity contribution in [1.82, 2.24) is 0 Å². The third-order valence-electron chi connectivity index (χ3n) is 6.60. The second-order valence-electron chi connectivity index (χ2n) is 8.93. The van der Waals surface area contributed by atoms with Crippen LogP contribution in [0.4, 0.5) is 24.5 Å². The molecule has 3 aromatic rings. The molecule has 0 saturated heterocycles. The van der Waals surface area contributed by atoms with Crippen LogP contribution in [0.2, 0.25) is 5.02 Å². The van der Waals surface area contributed by atoms with Crippen LogP contribution >= 0.6 is 11.6 Å². The Balaban J connectivity index is 1.46. The number of anilines is 2. The molecule has 0 saturated carbocycles. The van der Waals surface area contributed by atoms with Gasteiger partial charge in [0.2, 0.25) is 0 Å². The third kappa shape index (κ3) is 4.52. The summed E-state index contributed by atoms with van der Waals surface area (Å²) in [5.41, 5.74) is 2.72. The molecule has 1 heterocycles. The van der Waals surface area contributed by atoms with Gasteiger partial charge in [0.1, 0.15) is 0 Å². The van der Waals surface area contributed by atoms with Crippen molar-refractivity contribution < 1.29 is 21.6 Å². The van der Waals surface area contributed by atoms with Crippen molar-refractivity contribution in [2.45, 2.75) is 36.4 Å². The summed E-state index contributed by atoms with van der Waals surface area (Å²) in [6.07, 6.45) is 0.368. The number of nitrogens with one attached hydrogen (secondary N) is 2. The molecular formula is C26H22ClF3N2O2S. The molecule has 182 valence electrons. The fourth-order valence-corrected chi connectivity index (χ4v) is 6.17. The molecule has 5 rings (SSSR count). The molecule has 0 bridgehead atoms. The minimum atomic E-state index is -4.70. The summed E-state index contributed by atoms with van der Waals surface area (Å²) in [7, 11) is -4.13. The minimum Gasteiger partial charge on any atom is -0.378 e. The Hall–Kier alpha value is -2.97. The van der Waals surface area contributed by atoms with Crippen LogP contribution in [0.3, 0.4) is 0 Å². The Morgan fingerprint density at radius 3 is 2.49 bits per heavy atom. The zero-order valence-corrected chi connectivity index (χ0v) is 20.2. The molecule has 0 fully saturated rings. The fraction of sp³-hybridized carbons (Fsp3) is 0.231. The van der Waals surface area contributed by atoms with Gasteiger partial charge in [-0.25, -0.2) is 8.42 Å². The summed E-state index contributed by atoms with van der Waals surface area (Å²) >= 11 is 5.65. The highest BCUT2D eigenvalue weighted by Gasteiger charge is 2.38. The first kappa shape index (κ1) is 23.8. The summed E-state index contributed by atoms with van der Waals surface area (Å²) in [6.45, 7) is 2.04. The molecule has 4 nitrogen and oxygen atoms in total. The van der Waals surface area contributed by atoms with E-state index in [1.807, 2.05) is 6.92 Å². The van der Waals surface area contributed by atoms with Crippen molar-refractivity contribution in [2.24, 2.45) is 5.92 Å². The van der Waals surface area contributed by atoms with Gasteiger partial charge in [0.05, 0.1) is 21.5 Å². The van der Waals surface area contributed by atoms with E-state index in [4.69, 9.17) is 11.6 Å². The van der Waals surface area contributed by atoms with E-state index in [0.29, 0.717) is 6.07 Å². The lowest BCUT2D eigenvalue weighted by Crippen LogP contribution is -2.29. The third-order valence-corrected chi connectivity index (χ3v) is 8.31. The first-order chi connectivity index (χ1) is 16.5. The predicted molar refractivity (Wildman–Crippen MR) is 131 cm³/mol. The van der Waals surface area contributed by atoms with Crippen molar-refractivity contribution >= 4 is 33.0 Å². The van der Waals surface area contributed by atoms with Crippen LogP contribution in [-0.4, -0.2) is 8.42 Å². The van der Waals surface area contributed by atoms with Crippen LogP contribution < -0.4 is 10.0 Å². The van der Waals surface area contributed by atoms with E-state index < -0.39 is 26.8 Å². The Morgan fingerprint density at radius 2 is 1.77 bits per heavy atom. The minimum absolute atomic E-state index is 0.0191. The average Bonchev–Trinajstić information content (AvgIpc) is 3.29. The highest BCUT2D eigenvalue weighted by Crippen LogP contribution is 2.50. The summed E-state index contributed by atoms with van der Waals surface area (Å²) < 4.78 is 68.0. The van der Waals surface area contributed by atoms with E-state index in [1.165, 1.54) is 23.3 Å². The van der Waals surface area contributed by atoms with Crippen LogP contribution in [0, 0.1) is 12.8 Å². The number of halogens is 4. The van der Waals surface area contributed by atoms with Crippen molar-refractivity contribution in [3.05, 3.63) is 100 Å². The molecule has 3 aromatic carbocycles. The largest absolute Gasteiger partial charge is 0.417 e. The van der Waals surface area contributed by atoms with E-state index in [-0.39, 0.29) is 28.5 Å². The van der Waals surface area contributed by atoms with Crippen LogP contribution in [0.25, 0.3) is 0 Å². The van der Waals surface area contributed by atoms with Crippen molar-refractivity contribution in [1.29, 1.82) is 0 Å². The molecule has 9 heteroatoms. The van der Waals surface area contributed by atoms with Gasteiger partial charge in [0, 0.05) is 17.3 Å². The van der Waals surface area contributed by atoms with E-state index in [9.17, 15) is 21.6 Å². The molecule has 0 unspecified atom stereocenters. The van der Waals surface area contributed by atoms with Gasteiger partial charge in [-0.2, -0.15) is 13.2 Å². The molecular weight excluding hydrogens is 497 g/mol. The second kappa shape index (κ2) is 8.60. The fourth-order valence-electron chi connectivity index (χ4n) is 4.86. The van der Waals surface area contributed by atoms with Gasteiger partial charge < -0.3 is 5.32 Å². The van der Waals surface area contributed by atoms with Crippen LogP contribution in [-0.2, 0) is 16.2 Å². The second-order valence-corrected chi connectivity index (χ2v) is 11.0. The number of rotatable bonds is 4. The maximum atomic E-state index is 13.2. The van der Waals surface area contributed by atoms with Crippen molar-refractivity contribution in [3.63, 3.8) is 0 Å². The highest BCUT2D eigenvalue weighted by atomic mass is 35.5. The smallest absolute Gasteiger partial charge is 0.378 e. The number of hydrogen-bond donors (Lipinski definition) is 2. The lowest BCUT2D eigenvalue weighted by atomic mass is 9.77. The normalized spacial score (nSPS) is 21.2. The van der Waals surface area contributed by atoms with Gasteiger partial charge in [0.25, 0.3) is 10.0 Å². The van der Waals surface area contributed by atoms with Gasteiger partial charge in [-0.3, -0.25) is 4.72 Å². The molecule has 1 aliphatic carbocycles. The predicted octanol–water partition coefficient (Wildman–Crippen LogP) is 7.29. The molecule has 0 amide bonds. The van der Waals surface area contributed by atoms with E-state index in [2.05, 4.69) is 46.5 Å². The first-order valence-corrected chi connectivity index (χ1v) is 12.9. The van der Waals surface area contributed by atoms with Gasteiger partial charge in [0.15, 0.2) is 0 Å². The lowest BCUT2D eigenvalue weighted by Gasteiger charge is -2.37. The van der Waals surface area contributed by atoms with Crippen molar-refractivity contribution in [2.75, 3.05) is 10.0 Å². The number of allylic oxidation sites excluding steroid dienone is 2. The number of alkyl halides is 3. The van der Waals surface area contributed by atoms with E-state index in [0.717, 1.165) is 23.7 Å². The summed E-state index contributed by atoms with van der Waals surface area (Å²) in [5, 5.41) is 3.07. The zero-order chi connectivity index (χ0) is 25.0. The van der Waals surface area contributed by atoms with Crippen LogP contribution in [0.1, 0.15) is 40.6 Å². The lowest BCUT2D eigenvalue weighted by molar-refractivity contribution is -0.137. The maximum Gasteiger partial charge on any atom is 0.417 e. The van der Waals surface area contributed by atoms with Gasteiger partial charge >= 0.3 is 6.18 Å². The Labute approximate surface area is 206 Å². The number of benzene rings is 3. The quantitative estimate of drug-likeness (QED) is 0.356. The number of fused-ring (bicyclic) bond motifs is 3. The summed E-state index contributed by atoms with van der Waals surface area (Å²) in [5.74, 6) is 0.252. The van der Waals surface area contributed by atoms with Crippen LogP contribution in [0.15, 0.2) is 77.7 Å². The Morgan fingerprint density at radius 1 is 1.03 bits per heavy atom. The molecule has 0 spiro atoms. The molecule has 35 heavy (non-hydrogen) atoms. The topological polar surface area (TPSA) is 58.2 Å². The average molecular weight is 519 g/mol. The molecule has 3 atom stereocenters. The first-order valence-electron chi connectivity index (χ1n) is 11.1. The van der Waals surface area contributed by atoms with Gasteiger partial charge in [-0.1, -0.05) is 53.6 Å². The molecule has 1 aliphatic heterocycles. The molecule has 0 aromatic heterocycles. The van der Waals surface area contributed by atoms with Gasteiger partial charge in [-0.05, 0) is 66.8 Å². The molecule has 2 aliphatic rings. The summed E-state index contributed by atoms with van der Waals surface area (Å²) in [6, 6.07) is 16.2. The van der Waals surface area contributed by atoms with Crippen molar-refractivity contribution in [3.8, 4) is 0 Å². The number of hydrogen-bond acceptors (Lipinski definition) is 3. The summed E-state index contributed by atoms with van der Waals surface area (Å²) in [4.78, 5) is -0.0191. The zero-order valence-electron chi connectivity index (χ0n) is 18.6. The number of sulfonamides is 1. The molecule has 2 N–H and O–H groups in total.